The highest BCUT2D eigenvalue weighted by Gasteiger charge is 2.34. The van der Waals surface area contributed by atoms with E-state index in [1.54, 1.807) is 0 Å². The number of nitrogens with one attached hydrogen (secondary N) is 1. The Morgan fingerprint density at radius 3 is 2.43 bits per heavy atom. The van der Waals surface area contributed by atoms with Crippen molar-refractivity contribution in [3.05, 3.63) is 28.8 Å². The van der Waals surface area contributed by atoms with E-state index in [0.29, 0.717) is 6.54 Å². The molecule has 0 saturated carbocycles. The summed E-state index contributed by atoms with van der Waals surface area (Å²) in [6.07, 6.45) is -3.97. The minimum absolute atomic E-state index is 0.0685. The van der Waals surface area contributed by atoms with Gasteiger partial charge in [0.25, 0.3) is 0 Å². The molecule has 0 fully saturated rings. The summed E-state index contributed by atoms with van der Waals surface area (Å²) in [5, 5.41) is 2.16. The Hall–Kier alpha value is -1.76. The Kier molecular flexibility index (Phi) is 6.87. The second-order valence-electron chi connectivity index (χ2n) is 4.99. The molecular weight excluding hydrogens is 333 g/mol. The molecular formula is C15H18ClF3N2O2. The predicted octanol–water partition coefficient (Wildman–Crippen LogP) is 3.95. The van der Waals surface area contributed by atoms with Gasteiger partial charge < -0.3 is 10.2 Å². The molecule has 0 bridgehead atoms. The monoisotopic (exact) mass is 350 g/mol. The lowest BCUT2D eigenvalue weighted by Crippen LogP contribution is -2.32. The van der Waals surface area contributed by atoms with Crippen molar-refractivity contribution in [2.75, 3.05) is 18.4 Å². The second kappa shape index (κ2) is 8.19. The molecule has 23 heavy (non-hydrogen) atoms. The van der Waals surface area contributed by atoms with Crippen molar-refractivity contribution in [3.63, 3.8) is 0 Å². The molecule has 1 N–H and O–H groups in total. The first-order chi connectivity index (χ1) is 10.6. The van der Waals surface area contributed by atoms with Gasteiger partial charge in [0.05, 0.1) is 11.3 Å². The summed E-state index contributed by atoms with van der Waals surface area (Å²) in [5.74, 6) is -0.776. The smallest absolute Gasteiger partial charge is 0.342 e. The van der Waals surface area contributed by atoms with Crippen molar-refractivity contribution in [1.29, 1.82) is 0 Å². The van der Waals surface area contributed by atoms with Crippen LogP contribution < -0.4 is 5.32 Å². The Bertz CT molecular complexity index is 576. The van der Waals surface area contributed by atoms with Gasteiger partial charge in [-0.1, -0.05) is 18.5 Å². The van der Waals surface area contributed by atoms with Crippen LogP contribution in [0.2, 0.25) is 5.02 Å². The molecule has 0 spiro atoms. The molecule has 8 heteroatoms. The number of carbonyl (C=O) groups excluding carboxylic acids is 2. The van der Waals surface area contributed by atoms with Gasteiger partial charge in [-0.05, 0) is 24.6 Å². The maximum Gasteiger partial charge on any atom is 0.418 e. The van der Waals surface area contributed by atoms with Crippen LogP contribution in [0.5, 0.6) is 0 Å². The standard InChI is InChI=1S/C15H18ClF3N2O2/c1-3-7-21(10(2)22)8-6-14(23)20-13-5-4-11(16)9-12(13)15(17,18)19/h4-5,9H,3,6-8H2,1-2H3,(H,20,23). The second-order valence-corrected chi connectivity index (χ2v) is 5.43. The Balaban J connectivity index is 2.76. The van der Waals surface area contributed by atoms with Gasteiger partial charge in [-0.2, -0.15) is 13.2 Å². The topological polar surface area (TPSA) is 49.4 Å². The summed E-state index contributed by atoms with van der Waals surface area (Å²) in [6.45, 7) is 3.93. The zero-order valence-electron chi connectivity index (χ0n) is 12.8. The Morgan fingerprint density at radius 2 is 1.91 bits per heavy atom. The van der Waals surface area contributed by atoms with Crippen molar-refractivity contribution >= 4 is 29.1 Å². The number of anilines is 1. The first-order valence-electron chi connectivity index (χ1n) is 7.07. The fourth-order valence-electron chi connectivity index (χ4n) is 2.01. The highest BCUT2D eigenvalue weighted by Crippen LogP contribution is 2.36. The van der Waals surface area contributed by atoms with Gasteiger partial charge in [-0.25, -0.2) is 0 Å². The molecule has 0 atom stereocenters. The zero-order chi connectivity index (χ0) is 17.6. The van der Waals surface area contributed by atoms with Crippen molar-refractivity contribution in [2.45, 2.75) is 32.9 Å². The Morgan fingerprint density at radius 1 is 1.26 bits per heavy atom. The third kappa shape index (κ3) is 6.09. The van der Waals surface area contributed by atoms with Gasteiger partial charge in [0, 0.05) is 31.5 Å². The molecule has 1 aromatic carbocycles. The lowest BCUT2D eigenvalue weighted by atomic mass is 10.1. The number of benzene rings is 1. The Labute approximate surface area is 137 Å². The third-order valence-corrected chi connectivity index (χ3v) is 3.34. The maximum absolute atomic E-state index is 12.9. The van der Waals surface area contributed by atoms with Crippen LogP contribution >= 0.6 is 11.6 Å². The van der Waals surface area contributed by atoms with Crippen LogP contribution in [-0.4, -0.2) is 29.8 Å². The van der Waals surface area contributed by atoms with Crippen LogP contribution in [0.1, 0.15) is 32.3 Å². The molecule has 1 rings (SSSR count). The average molecular weight is 351 g/mol. The van der Waals surface area contributed by atoms with Crippen LogP contribution in [-0.2, 0) is 15.8 Å². The summed E-state index contributed by atoms with van der Waals surface area (Å²) >= 11 is 5.57. The van der Waals surface area contributed by atoms with E-state index in [9.17, 15) is 22.8 Å². The lowest BCUT2D eigenvalue weighted by molar-refractivity contribution is -0.137. The number of nitrogens with zero attached hydrogens (tertiary/aromatic N) is 1. The number of halogens is 4. The van der Waals surface area contributed by atoms with Gasteiger partial charge in [0.2, 0.25) is 11.8 Å². The van der Waals surface area contributed by atoms with Gasteiger partial charge in [0.1, 0.15) is 0 Å². The SMILES string of the molecule is CCCN(CCC(=O)Nc1ccc(Cl)cc1C(F)(F)F)C(C)=O. The van der Waals surface area contributed by atoms with E-state index in [1.807, 2.05) is 6.92 Å². The number of amides is 2. The summed E-state index contributed by atoms with van der Waals surface area (Å²) in [6, 6.07) is 3.14. The van der Waals surface area contributed by atoms with Crippen molar-refractivity contribution < 1.29 is 22.8 Å². The van der Waals surface area contributed by atoms with Gasteiger partial charge in [-0.15, -0.1) is 0 Å². The quantitative estimate of drug-likeness (QED) is 0.844. The number of alkyl halides is 3. The molecule has 0 aliphatic rings. The lowest BCUT2D eigenvalue weighted by Gasteiger charge is -2.20. The van der Waals surface area contributed by atoms with Gasteiger partial charge in [-0.3, -0.25) is 9.59 Å². The number of rotatable bonds is 6. The predicted molar refractivity (Wildman–Crippen MR) is 82.2 cm³/mol. The largest absolute Gasteiger partial charge is 0.418 e. The van der Waals surface area contributed by atoms with Crippen molar-refractivity contribution in [1.82, 2.24) is 4.90 Å². The van der Waals surface area contributed by atoms with Crippen LogP contribution in [0.3, 0.4) is 0 Å². The number of hydrogen-bond donors (Lipinski definition) is 1. The molecule has 0 unspecified atom stereocenters. The molecule has 1 aromatic rings. The summed E-state index contributed by atoms with van der Waals surface area (Å²) in [5.41, 5.74) is -1.35. The van der Waals surface area contributed by atoms with Crippen LogP contribution in [0, 0.1) is 0 Å². The summed E-state index contributed by atoms with van der Waals surface area (Å²) in [7, 11) is 0. The third-order valence-electron chi connectivity index (χ3n) is 3.11. The van der Waals surface area contributed by atoms with Gasteiger partial charge in [0.15, 0.2) is 0 Å². The highest BCUT2D eigenvalue weighted by atomic mass is 35.5. The minimum Gasteiger partial charge on any atom is -0.342 e. The van der Waals surface area contributed by atoms with E-state index in [2.05, 4.69) is 5.32 Å². The molecule has 0 heterocycles. The summed E-state index contributed by atoms with van der Waals surface area (Å²) in [4.78, 5) is 24.7. The minimum atomic E-state index is -4.62. The van der Waals surface area contributed by atoms with Crippen LogP contribution in [0.4, 0.5) is 18.9 Å². The molecule has 0 aliphatic heterocycles. The fraction of sp³-hybridized carbons (Fsp3) is 0.467. The molecule has 0 aliphatic carbocycles. The zero-order valence-corrected chi connectivity index (χ0v) is 13.6. The molecule has 0 radical (unpaired) electrons. The van der Waals surface area contributed by atoms with E-state index in [-0.39, 0.29) is 29.6 Å². The first-order valence-corrected chi connectivity index (χ1v) is 7.45. The maximum atomic E-state index is 12.9. The van der Waals surface area contributed by atoms with Crippen LogP contribution in [0.25, 0.3) is 0 Å². The summed E-state index contributed by atoms with van der Waals surface area (Å²) < 4.78 is 38.8. The van der Waals surface area contributed by atoms with E-state index < -0.39 is 17.6 Å². The molecule has 128 valence electrons. The number of hydrogen-bond acceptors (Lipinski definition) is 2. The van der Waals surface area contributed by atoms with Crippen LogP contribution in [0.15, 0.2) is 18.2 Å². The van der Waals surface area contributed by atoms with Gasteiger partial charge >= 0.3 is 6.18 Å². The van der Waals surface area contributed by atoms with E-state index >= 15 is 0 Å². The van der Waals surface area contributed by atoms with Crippen molar-refractivity contribution in [3.8, 4) is 0 Å². The molecule has 0 saturated heterocycles. The molecule has 0 aromatic heterocycles. The number of carbonyl (C=O) groups is 2. The molecule has 4 nitrogen and oxygen atoms in total. The van der Waals surface area contributed by atoms with E-state index in [4.69, 9.17) is 11.6 Å². The molecule has 2 amide bonds. The normalized spacial score (nSPS) is 11.2. The average Bonchev–Trinajstić information content (AvgIpc) is 2.44. The van der Waals surface area contributed by atoms with Crippen molar-refractivity contribution in [2.24, 2.45) is 0 Å². The fourth-order valence-corrected chi connectivity index (χ4v) is 2.18. The first kappa shape index (κ1) is 19.3. The van der Waals surface area contributed by atoms with E-state index in [0.717, 1.165) is 18.6 Å². The highest BCUT2D eigenvalue weighted by molar-refractivity contribution is 6.30. The van der Waals surface area contributed by atoms with E-state index in [1.165, 1.54) is 17.9 Å².